The number of halogens is 2. The normalized spacial score (nSPS) is 19.3. The van der Waals surface area contributed by atoms with Crippen LogP contribution in [0.5, 0.6) is 0 Å². The van der Waals surface area contributed by atoms with Crippen LogP contribution in [-0.2, 0) is 16.1 Å². The number of likely N-dealkylation sites (tertiary alicyclic amines) is 1. The molecular weight excluding hydrogens is 358 g/mol. The molecule has 150 valence electrons. The van der Waals surface area contributed by atoms with Crippen LogP contribution in [0, 0.1) is 0 Å². The molecule has 0 aromatic heterocycles. The van der Waals surface area contributed by atoms with E-state index in [0.717, 1.165) is 15.4 Å². The molecule has 6 nitrogen and oxygen atoms in total. The Hall–Kier alpha value is -2.38. The summed E-state index contributed by atoms with van der Waals surface area (Å²) in [6.07, 6.45) is -1.67. The summed E-state index contributed by atoms with van der Waals surface area (Å²) in [6.45, 7) is 4.30. The SMILES string of the molecule is CN(C(=O)OCc1ccccc1)C1CCN(C(=O)OC(C)(C)C)CC1(F)F. The predicted molar refractivity (Wildman–Crippen MR) is 95.5 cm³/mol. The van der Waals surface area contributed by atoms with Crippen molar-refractivity contribution in [2.24, 2.45) is 0 Å². The van der Waals surface area contributed by atoms with Crippen LogP contribution in [0.3, 0.4) is 0 Å². The van der Waals surface area contributed by atoms with E-state index >= 15 is 0 Å². The number of rotatable bonds is 3. The highest BCUT2D eigenvalue weighted by molar-refractivity contribution is 5.69. The monoisotopic (exact) mass is 384 g/mol. The topological polar surface area (TPSA) is 59.1 Å². The molecule has 1 aliphatic heterocycles. The second kappa shape index (κ2) is 8.10. The van der Waals surface area contributed by atoms with Gasteiger partial charge in [-0.05, 0) is 32.8 Å². The zero-order chi connectivity index (χ0) is 20.2. The zero-order valence-corrected chi connectivity index (χ0v) is 16.1. The second-order valence-corrected chi connectivity index (χ2v) is 7.62. The number of amides is 2. The summed E-state index contributed by atoms with van der Waals surface area (Å²) in [5.41, 5.74) is 0.00657. The largest absolute Gasteiger partial charge is 0.445 e. The minimum absolute atomic E-state index is 0.00629. The van der Waals surface area contributed by atoms with E-state index in [1.165, 1.54) is 7.05 Å². The van der Waals surface area contributed by atoms with Crippen LogP contribution in [0.2, 0.25) is 0 Å². The minimum atomic E-state index is -3.27. The third kappa shape index (κ3) is 5.80. The summed E-state index contributed by atoms with van der Waals surface area (Å²) in [5, 5.41) is 0. The number of hydrogen-bond donors (Lipinski definition) is 0. The third-order valence-electron chi connectivity index (χ3n) is 4.17. The Morgan fingerprint density at radius 1 is 1.26 bits per heavy atom. The molecule has 1 unspecified atom stereocenters. The van der Waals surface area contributed by atoms with Crippen molar-refractivity contribution in [3.05, 3.63) is 35.9 Å². The summed E-state index contributed by atoms with van der Waals surface area (Å²) in [5.74, 6) is -3.27. The summed E-state index contributed by atoms with van der Waals surface area (Å²) < 4.78 is 39.4. The van der Waals surface area contributed by atoms with E-state index in [1.807, 2.05) is 6.07 Å². The van der Waals surface area contributed by atoms with Crippen LogP contribution >= 0.6 is 0 Å². The fraction of sp³-hybridized carbons (Fsp3) is 0.579. The average molecular weight is 384 g/mol. The molecule has 1 aromatic rings. The molecule has 0 spiro atoms. The molecular formula is C19H26F2N2O4. The molecule has 2 rings (SSSR count). The molecule has 0 saturated carbocycles. The third-order valence-corrected chi connectivity index (χ3v) is 4.17. The Bertz CT molecular complexity index is 661. The van der Waals surface area contributed by atoms with Gasteiger partial charge in [-0.15, -0.1) is 0 Å². The number of nitrogens with zero attached hydrogens (tertiary/aromatic N) is 2. The lowest BCUT2D eigenvalue weighted by atomic mass is 10.00. The van der Waals surface area contributed by atoms with Crippen molar-refractivity contribution in [3.63, 3.8) is 0 Å². The van der Waals surface area contributed by atoms with E-state index in [-0.39, 0.29) is 19.6 Å². The van der Waals surface area contributed by atoms with Gasteiger partial charge in [0.2, 0.25) is 0 Å². The molecule has 2 amide bonds. The Morgan fingerprint density at radius 3 is 2.44 bits per heavy atom. The molecule has 1 heterocycles. The standard InChI is InChI=1S/C19H26F2N2O4/c1-18(2,3)27-17(25)23-11-10-15(19(20,21)13-23)22(4)16(24)26-12-14-8-6-5-7-9-14/h5-9,15H,10-13H2,1-4H3. The fourth-order valence-corrected chi connectivity index (χ4v) is 2.84. The molecule has 0 aliphatic carbocycles. The van der Waals surface area contributed by atoms with Gasteiger partial charge in [0.15, 0.2) is 0 Å². The summed E-state index contributed by atoms with van der Waals surface area (Å²) in [7, 11) is 1.29. The molecule has 27 heavy (non-hydrogen) atoms. The van der Waals surface area contributed by atoms with E-state index in [9.17, 15) is 18.4 Å². The van der Waals surface area contributed by atoms with Crippen molar-refractivity contribution in [2.45, 2.75) is 51.4 Å². The maximum atomic E-state index is 14.6. The number of carbonyl (C=O) groups is 2. The first-order chi connectivity index (χ1) is 12.5. The number of carbonyl (C=O) groups excluding carboxylic acids is 2. The van der Waals surface area contributed by atoms with Crippen LogP contribution in [0.1, 0.15) is 32.8 Å². The molecule has 1 aliphatic rings. The van der Waals surface area contributed by atoms with Crippen molar-refractivity contribution in [3.8, 4) is 0 Å². The summed E-state index contributed by atoms with van der Waals surface area (Å²) in [4.78, 5) is 26.1. The van der Waals surface area contributed by atoms with Gasteiger partial charge < -0.3 is 19.3 Å². The van der Waals surface area contributed by atoms with Crippen molar-refractivity contribution in [1.29, 1.82) is 0 Å². The maximum absolute atomic E-state index is 14.6. The van der Waals surface area contributed by atoms with Gasteiger partial charge in [0.1, 0.15) is 18.2 Å². The number of piperidine rings is 1. The van der Waals surface area contributed by atoms with Gasteiger partial charge in [0.25, 0.3) is 5.92 Å². The van der Waals surface area contributed by atoms with Crippen molar-refractivity contribution < 1.29 is 27.8 Å². The van der Waals surface area contributed by atoms with E-state index < -0.39 is 36.3 Å². The van der Waals surface area contributed by atoms with Crippen LogP contribution in [0.25, 0.3) is 0 Å². The zero-order valence-electron chi connectivity index (χ0n) is 16.1. The number of ether oxygens (including phenoxy) is 2. The van der Waals surface area contributed by atoms with Crippen LogP contribution in [-0.4, -0.2) is 59.7 Å². The van der Waals surface area contributed by atoms with Crippen LogP contribution < -0.4 is 0 Å². The smallest absolute Gasteiger partial charge is 0.410 e. The van der Waals surface area contributed by atoms with Gasteiger partial charge in [-0.1, -0.05) is 30.3 Å². The first-order valence-corrected chi connectivity index (χ1v) is 8.79. The molecule has 1 fully saturated rings. The number of alkyl halides is 2. The summed E-state index contributed by atoms with van der Waals surface area (Å²) in [6, 6.07) is 7.64. The quantitative estimate of drug-likeness (QED) is 0.793. The highest BCUT2D eigenvalue weighted by atomic mass is 19.3. The van der Waals surface area contributed by atoms with Crippen LogP contribution in [0.4, 0.5) is 18.4 Å². The van der Waals surface area contributed by atoms with Gasteiger partial charge >= 0.3 is 12.2 Å². The van der Waals surface area contributed by atoms with Gasteiger partial charge in [-0.25, -0.2) is 18.4 Å². The average Bonchev–Trinajstić information content (AvgIpc) is 2.57. The van der Waals surface area contributed by atoms with Crippen molar-refractivity contribution >= 4 is 12.2 Å². The first-order valence-electron chi connectivity index (χ1n) is 8.79. The van der Waals surface area contributed by atoms with Crippen molar-refractivity contribution in [1.82, 2.24) is 9.80 Å². The Labute approximate surface area is 158 Å². The van der Waals surface area contributed by atoms with Crippen LogP contribution in [0.15, 0.2) is 30.3 Å². The van der Waals surface area contributed by atoms with Gasteiger partial charge in [-0.3, -0.25) is 0 Å². The number of benzene rings is 1. The fourth-order valence-electron chi connectivity index (χ4n) is 2.84. The predicted octanol–water partition coefficient (Wildman–Crippen LogP) is 3.90. The minimum Gasteiger partial charge on any atom is -0.445 e. The van der Waals surface area contributed by atoms with Gasteiger partial charge in [-0.2, -0.15) is 0 Å². The van der Waals surface area contributed by atoms with E-state index in [0.29, 0.717) is 0 Å². The molecule has 8 heteroatoms. The Morgan fingerprint density at radius 2 is 1.89 bits per heavy atom. The second-order valence-electron chi connectivity index (χ2n) is 7.62. The maximum Gasteiger partial charge on any atom is 0.410 e. The lowest BCUT2D eigenvalue weighted by Gasteiger charge is -2.41. The number of hydrogen-bond acceptors (Lipinski definition) is 4. The van der Waals surface area contributed by atoms with E-state index in [1.54, 1.807) is 45.0 Å². The van der Waals surface area contributed by atoms with Crippen molar-refractivity contribution in [2.75, 3.05) is 20.1 Å². The molecule has 0 bridgehead atoms. The van der Waals surface area contributed by atoms with E-state index in [2.05, 4.69) is 0 Å². The molecule has 0 N–H and O–H groups in total. The molecule has 1 saturated heterocycles. The van der Waals surface area contributed by atoms with Gasteiger partial charge in [0.05, 0.1) is 6.54 Å². The molecule has 1 aromatic carbocycles. The molecule has 0 radical (unpaired) electrons. The first kappa shape index (κ1) is 20.9. The highest BCUT2D eigenvalue weighted by Crippen LogP contribution is 2.32. The van der Waals surface area contributed by atoms with Gasteiger partial charge in [0, 0.05) is 13.6 Å². The highest BCUT2D eigenvalue weighted by Gasteiger charge is 2.50. The molecule has 1 atom stereocenters. The Kier molecular flexibility index (Phi) is 6.28. The lowest BCUT2D eigenvalue weighted by Crippen LogP contribution is -2.60. The lowest BCUT2D eigenvalue weighted by molar-refractivity contribution is -0.116. The van der Waals surface area contributed by atoms with E-state index in [4.69, 9.17) is 9.47 Å². The summed E-state index contributed by atoms with van der Waals surface area (Å²) >= 11 is 0. The Balaban J connectivity index is 1.94.